The molecule has 1 unspecified atom stereocenters. The maximum atomic E-state index is 13.0. The molecule has 1 aromatic rings. The van der Waals surface area contributed by atoms with Gasteiger partial charge >= 0.3 is 0 Å². The molecule has 1 heterocycles. The molecule has 0 bridgehead atoms. The maximum absolute atomic E-state index is 13.0. The summed E-state index contributed by atoms with van der Waals surface area (Å²) in [6.45, 7) is 0. The van der Waals surface area contributed by atoms with Crippen LogP contribution in [0.2, 0.25) is 0 Å². The van der Waals surface area contributed by atoms with E-state index in [-0.39, 0.29) is 5.82 Å². The van der Waals surface area contributed by atoms with Crippen LogP contribution in [0.4, 0.5) is 4.39 Å². The third kappa shape index (κ3) is 1.13. The van der Waals surface area contributed by atoms with Crippen LogP contribution in [0.25, 0.3) is 0 Å². The van der Waals surface area contributed by atoms with Crippen molar-refractivity contribution in [3.8, 4) is 0 Å². The fourth-order valence-electron chi connectivity index (χ4n) is 0.901. The zero-order valence-electron chi connectivity index (χ0n) is 6.00. The number of rotatable bonds is 1. The molecule has 4 heteroatoms. The molecule has 1 atom stereocenters. The zero-order chi connectivity index (χ0) is 7.90. The minimum Gasteiger partial charge on any atom is -0.222 e. The summed E-state index contributed by atoms with van der Waals surface area (Å²) in [6, 6.07) is 6.66. The van der Waals surface area contributed by atoms with Gasteiger partial charge in [-0.3, -0.25) is 0 Å². The Kier molecular flexibility index (Phi) is 1.42. The van der Waals surface area contributed by atoms with Gasteiger partial charge in [-0.1, -0.05) is 12.1 Å². The number of hydrogen-bond acceptors (Lipinski definition) is 2. The van der Waals surface area contributed by atoms with Crippen LogP contribution in [0.3, 0.4) is 0 Å². The molecular formula is C7H8FNOS. The van der Waals surface area contributed by atoms with Gasteiger partial charge in [-0.15, -0.1) is 4.89 Å². The van der Waals surface area contributed by atoms with Crippen LogP contribution in [0.15, 0.2) is 29.2 Å². The number of nitrogens with one attached hydrogen (secondary N) is 1. The van der Waals surface area contributed by atoms with Crippen molar-refractivity contribution < 1.29 is 8.67 Å². The van der Waals surface area contributed by atoms with E-state index in [0.717, 1.165) is 0 Å². The molecule has 1 aliphatic rings. The van der Waals surface area contributed by atoms with E-state index in [4.69, 9.17) is 4.28 Å². The van der Waals surface area contributed by atoms with Crippen molar-refractivity contribution in [2.24, 2.45) is 0 Å². The molecular weight excluding hydrogens is 165 g/mol. The van der Waals surface area contributed by atoms with Gasteiger partial charge in [0.1, 0.15) is 5.82 Å². The lowest BCUT2D eigenvalue weighted by molar-refractivity contribution is 0.467. The fraction of sp³-hybridized carbons (Fsp3) is 0.143. The molecule has 0 radical (unpaired) electrons. The van der Waals surface area contributed by atoms with Crippen molar-refractivity contribution in [2.45, 2.75) is 4.90 Å². The highest BCUT2D eigenvalue weighted by Crippen LogP contribution is 2.61. The summed E-state index contributed by atoms with van der Waals surface area (Å²) in [5, 5.41) is 0. The van der Waals surface area contributed by atoms with Crippen molar-refractivity contribution in [2.75, 3.05) is 6.26 Å². The maximum Gasteiger partial charge on any atom is 0.138 e. The summed E-state index contributed by atoms with van der Waals surface area (Å²) < 4.78 is 18.0. The summed E-state index contributed by atoms with van der Waals surface area (Å²) in [5.74, 6) is -0.199. The van der Waals surface area contributed by atoms with E-state index in [1.165, 1.54) is 6.07 Å². The first kappa shape index (κ1) is 7.09. The first-order chi connectivity index (χ1) is 5.22. The van der Waals surface area contributed by atoms with Crippen LogP contribution in [0, 0.1) is 5.82 Å². The van der Waals surface area contributed by atoms with Gasteiger partial charge in [0.2, 0.25) is 0 Å². The largest absolute Gasteiger partial charge is 0.222 e. The predicted octanol–water partition coefficient (Wildman–Crippen LogP) is 1.98. The molecule has 0 amide bonds. The van der Waals surface area contributed by atoms with Crippen molar-refractivity contribution in [3.63, 3.8) is 0 Å². The molecule has 1 N–H and O–H groups in total. The zero-order valence-corrected chi connectivity index (χ0v) is 6.82. The highest BCUT2D eigenvalue weighted by molar-refractivity contribution is 8.31. The molecule has 1 aromatic carbocycles. The van der Waals surface area contributed by atoms with Gasteiger partial charge in [0.15, 0.2) is 0 Å². The van der Waals surface area contributed by atoms with Gasteiger partial charge in [0.25, 0.3) is 0 Å². The summed E-state index contributed by atoms with van der Waals surface area (Å²) in [5.41, 5.74) is 0. The lowest BCUT2D eigenvalue weighted by atomic mass is 10.3. The Labute approximate surface area is 66.0 Å². The van der Waals surface area contributed by atoms with Gasteiger partial charge < -0.3 is 0 Å². The molecule has 1 fully saturated rings. The minimum absolute atomic E-state index is 0.199. The van der Waals surface area contributed by atoms with Gasteiger partial charge in [-0.05, 0) is 22.6 Å². The van der Waals surface area contributed by atoms with E-state index < -0.39 is 10.5 Å². The van der Waals surface area contributed by atoms with Crippen molar-refractivity contribution in [1.82, 2.24) is 4.89 Å². The van der Waals surface area contributed by atoms with E-state index >= 15 is 0 Å². The van der Waals surface area contributed by atoms with Crippen LogP contribution in [-0.4, -0.2) is 6.26 Å². The van der Waals surface area contributed by atoms with E-state index in [1.807, 2.05) is 6.26 Å². The predicted molar refractivity (Wildman–Crippen MR) is 42.4 cm³/mol. The minimum atomic E-state index is -1.41. The van der Waals surface area contributed by atoms with Gasteiger partial charge in [0, 0.05) is 6.26 Å². The standard InChI is InChI=1S/C7H8FNOS/c1-11(9-10-11)7-5-3-2-4-6(7)8/h2-5,9H,1H3. The number of hydrogen-bond donors (Lipinski definition) is 1. The average molecular weight is 173 g/mol. The molecule has 0 saturated carbocycles. The Morgan fingerprint density at radius 1 is 1.45 bits per heavy atom. The normalized spacial score (nSPS) is 34.4. The Morgan fingerprint density at radius 3 is 2.64 bits per heavy atom. The SMILES string of the molecule is CS1(c2ccccc2F)NO1. The van der Waals surface area contributed by atoms with E-state index in [0.29, 0.717) is 4.90 Å². The first-order valence-corrected chi connectivity index (χ1v) is 5.17. The Balaban J connectivity index is 2.45. The molecule has 0 aliphatic carbocycles. The molecule has 2 rings (SSSR count). The van der Waals surface area contributed by atoms with E-state index in [2.05, 4.69) is 4.89 Å². The molecule has 60 valence electrons. The Morgan fingerprint density at radius 2 is 2.09 bits per heavy atom. The highest BCUT2D eigenvalue weighted by atomic mass is 32.3. The van der Waals surface area contributed by atoms with Crippen molar-refractivity contribution in [3.05, 3.63) is 30.1 Å². The van der Waals surface area contributed by atoms with Gasteiger partial charge in [-0.25, -0.2) is 8.67 Å². The molecule has 0 spiro atoms. The van der Waals surface area contributed by atoms with Crippen molar-refractivity contribution in [1.29, 1.82) is 0 Å². The van der Waals surface area contributed by atoms with Gasteiger partial charge in [-0.2, -0.15) is 0 Å². The van der Waals surface area contributed by atoms with Gasteiger partial charge in [0.05, 0.1) is 4.90 Å². The Hall–Kier alpha value is -0.580. The van der Waals surface area contributed by atoms with Crippen LogP contribution in [-0.2, 0) is 4.28 Å². The number of halogens is 1. The third-order valence-corrected chi connectivity index (χ3v) is 3.43. The summed E-state index contributed by atoms with van der Waals surface area (Å²) in [7, 11) is -1.41. The molecule has 2 nitrogen and oxygen atoms in total. The fourth-order valence-corrected chi connectivity index (χ4v) is 2.27. The van der Waals surface area contributed by atoms with E-state index in [9.17, 15) is 4.39 Å². The highest BCUT2D eigenvalue weighted by Gasteiger charge is 2.37. The van der Waals surface area contributed by atoms with Crippen LogP contribution < -0.4 is 4.89 Å². The lowest BCUT2D eigenvalue weighted by Crippen LogP contribution is -1.88. The van der Waals surface area contributed by atoms with Crippen LogP contribution in [0.5, 0.6) is 0 Å². The van der Waals surface area contributed by atoms with Crippen LogP contribution >= 0.6 is 10.5 Å². The topological polar surface area (TPSA) is 34.5 Å². The summed E-state index contributed by atoms with van der Waals surface area (Å²) >= 11 is 0. The van der Waals surface area contributed by atoms with Crippen molar-refractivity contribution >= 4 is 10.5 Å². The molecule has 0 aromatic heterocycles. The monoisotopic (exact) mass is 173 g/mol. The lowest BCUT2D eigenvalue weighted by Gasteiger charge is -2.06. The second-order valence-corrected chi connectivity index (χ2v) is 4.90. The molecule has 11 heavy (non-hydrogen) atoms. The second kappa shape index (κ2) is 2.20. The summed E-state index contributed by atoms with van der Waals surface area (Å²) in [6.07, 6.45) is 1.87. The molecule has 1 saturated heterocycles. The smallest absolute Gasteiger partial charge is 0.138 e. The first-order valence-electron chi connectivity index (χ1n) is 3.20. The Bertz CT molecular complexity index is 288. The quantitative estimate of drug-likeness (QED) is 0.659. The average Bonchev–Trinajstić information content (AvgIpc) is 2.70. The number of benzene rings is 1. The van der Waals surface area contributed by atoms with Crippen LogP contribution in [0.1, 0.15) is 0 Å². The second-order valence-electron chi connectivity index (χ2n) is 2.44. The molecule has 1 aliphatic heterocycles. The third-order valence-electron chi connectivity index (χ3n) is 1.59. The van der Waals surface area contributed by atoms with E-state index in [1.54, 1.807) is 18.2 Å². The summed E-state index contributed by atoms with van der Waals surface area (Å²) in [4.78, 5) is 3.35.